The standard InChI is InChI=1S/C19H20F3N3O3/c1-3-17(26)25-16-10-14(7-8-23-16)18(27)24-12(2)13-5-4-6-15(9-13)28-11-19(20,21)22/h4-10,12H,3,11H2,1-2H3,(H,24,27)(H,23,25,26). The molecule has 9 heteroatoms. The Kier molecular flexibility index (Phi) is 6.97. The average molecular weight is 395 g/mol. The first-order valence-corrected chi connectivity index (χ1v) is 8.54. The molecule has 1 unspecified atom stereocenters. The van der Waals surface area contributed by atoms with E-state index in [9.17, 15) is 22.8 Å². The monoisotopic (exact) mass is 395 g/mol. The number of rotatable bonds is 7. The number of hydrogen-bond donors (Lipinski definition) is 2. The fourth-order valence-electron chi connectivity index (χ4n) is 2.27. The number of carbonyl (C=O) groups excluding carboxylic acids is 2. The average Bonchev–Trinajstić information content (AvgIpc) is 2.66. The third-order valence-electron chi connectivity index (χ3n) is 3.72. The summed E-state index contributed by atoms with van der Waals surface area (Å²) in [5.41, 5.74) is 0.874. The van der Waals surface area contributed by atoms with Gasteiger partial charge in [0.25, 0.3) is 5.91 Å². The fraction of sp³-hybridized carbons (Fsp3) is 0.316. The van der Waals surface area contributed by atoms with Gasteiger partial charge >= 0.3 is 6.18 Å². The molecule has 6 nitrogen and oxygen atoms in total. The molecule has 2 rings (SSSR count). The van der Waals surface area contributed by atoms with Gasteiger partial charge < -0.3 is 15.4 Å². The molecule has 1 heterocycles. The number of halogens is 3. The number of nitrogens with zero attached hydrogens (tertiary/aromatic N) is 1. The first-order chi connectivity index (χ1) is 13.2. The third-order valence-corrected chi connectivity index (χ3v) is 3.72. The molecule has 0 radical (unpaired) electrons. The lowest BCUT2D eigenvalue weighted by Gasteiger charge is -2.16. The zero-order valence-corrected chi connectivity index (χ0v) is 15.3. The quantitative estimate of drug-likeness (QED) is 0.746. The highest BCUT2D eigenvalue weighted by Gasteiger charge is 2.28. The van der Waals surface area contributed by atoms with Gasteiger partial charge in [0, 0.05) is 18.2 Å². The molecule has 2 aromatic rings. The summed E-state index contributed by atoms with van der Waals surface area (Å²) >= 11 is 0. The zero-order valence-electron chi connectivity index (χ0n) is 15.3. The topological polar surface area (TPSA) is 80.3 Å². The largest absolute Gasteiger partial charge is 0.484 e. The highest BCUT2D eigenvalue weighted by Crippen LogP contribution is 2.22. The van der Waals surface area contributed by atoms with Crippen LogP contribution in [-0.4, -0.2) is 29.6 Å². The van der Waals surface area contributed by atoms with Crippen molar-refractivity contribution in [2.75, 3.05) is 11.9 Å². The van der Waals surface area contributed by atoms with Gasteiger partial charge in [-0.15, -0.1) is 0 Å². The molecule has 0 aliphatic carbocycles. The molecule has 0 aliphatic rings. The number of aromatic nitrogens is 1. The van der Waals surface area contributed by atoms with Crippen LogP contribution in [-0.2, 0) is 4.79 Å². The summed E-state index contributed by atoms with van der Waals surface area (Å²) in [6.45, 7) is 2.00. The maximum Gasteiger partial charge on any atom is 0.422 e. The van der Waals surface area contributed by atoms with Gasteiger partial charge in [-0.1, -0.05) is 19.1 Å². The normalized spacial score (nSPS) is 12.2. The number of nitrogens with one attached hydrogen (secondary N) is 2. The Morgan fingerprint density at radius 1 is 1.21 bits per heavy atom. The minimum Gasteiger partial charge on any atom is -0.484 e. The Morgan fingerprint density at radius 2 is 1.96 bits per heavy atom. The van der Waals surface area contributed by atoms with Gasteiger partial charge in [0.2, 0.25) is 5.91 Å². The molecule has 0 saturated carbocycles. The molecule has 150 valence electrons. The van der Waals surface area contributed by atoms with Crippen molar-refractivity contribution < 1.29 is 27.5 Å². The van der Waals surface area contributed by atoms with E-state index in [4.69, 9.17) is 4.74 Å². The fourth-order valence-corrected chi connectivity index (χ4v) is 2.27. The summed E-state index contributed by atoms with van der Waals surface area (Å²) < 4.78 is 41.6. The Balaban J connectivity index is 2.04. The van der Waals surface area contributed by atoms with E-state index in [2.05, 4.69) is 15.6 Å². The molecule has 1 atom stereocenters. The van der Waals surface area contributed by atoms with Crippen molar-refractivity contribution in [1.29, 1.82) is 0 Å². The second kappa shape index (κ2) is 9.20. The van der Waals surface area contributed by atoms with Gasteiger partial charge in [0.15, 0.2) is 6.61 Å². The number of alkyl halides is 3. The van der Waals surface area contributed by atoms with E-state index in [0.29, 0.717) is 5.56 Å². The van der Waals surface area contributed by atoms with Crippen LogP contribution in [0.4, 0.5) is 19.0 Å². The smallest absolute Gasteiger partial charge is 0.422 e. The van der Waals surface area contributed by atoms with Gasteiger partial charge in [-0.05, 0) is 36.8 Å². The predicted molar refractivity (Wildman–Crippen MR) is 97.0 cm³/mol. The first kappa shape index (κ1) is 21.2. The maximum atomic E-state index is 12.4. The summed E-state index contributed by atoms with van der Waals surface area (Å²) in [5.74, 6) is -0.322. The van der Waals surface area contributed by atoms with E-state index in [1.807, 2.05) is 0 Å². The lowest BCUT2D eigenvalue weighted by atomic mass is 10.1. The first-order valence-electron chi connectivity index (χ1n) is 8.54. The van der Waals surface area contributed by atoms with E-state index < -0.39 is 24.7 Å². The number of hydrogen-bond acceptors (Lipinski definition) is 4. The Labute approximate surface area is 160 Å². The van der Waals surface area contributed by atoms with E-state index in [1.54, 1.807) is 26.0 Å². The molecule has 2 N–H and O–H groups in total. The van der Waals surface area contributed by atoms with Crippen LogP contribution >= 0.6 is 0 Å². The molecule has 0 fully saturated rings. The van der Waals surface area contributed by atoms with Crippen LogP contribution in [0, 0.1) is 0 Å². The molecule has 0 spiro atoms. The van der Waals surface area contributed by atoms with Gasteiger partial charge in [0.1, 0.15) is 11.6 Å². The number of amides is 2. The summed E-state index contributed by atoms with van der Waals surface area (Å²) in [6.07, 6.45) is -2.75. The van der Waals surface area contributed by atoms with Crippen molar-refractivity contribution in [1.82, 2.24) is 10.3 Å². The van der Waals surface area contributed by atoms with Gasteiger partial charge in [0.05, 0.1) is 6.04 Å². The van der Waals surface area contributed by atoms with Crippen molar-refractivity contribution in [2.45, 2.75) is 32.5 Å². The molecular weight excluding hydrogens is 375 g/mol. The van der Waals surface area contributed by atoms with E-state index in [-0.39, 0.29) is 29.5 Å². The van der Waals surface area contributed by atoms with Crippen LogP contribution in [0.5, 0.6) is 5.75 Å². The Morgan fingerprint density at radius 3 is 2.64 bits per heavy atom. The van der Waals surface area contributed by atoms with Crippen LogP contribution in [0.25, 0.3) is 0 Å². The van der Waals surface area contributed by atoms with E-state index >= 15 is 0 Å². The highest BCUT2D eigenvalue weighted by molar-refractivity contribution is 5.96. The van der Waals surface area contributed by atoms with Crippen LogP contribution in [0.3, 0.4) is 0 Å². The second-order valence-corrected chi connectivity index (χ2v) is 6.00. The molecule has 28 heavy (non-hydrogen) atoms. The lowest BCUT2D eigenvalue weighted by Crippen LogP contribution is -2.27. The van der Waals surface area contributed by atoms with Gasteiger partial charge in [-0.3, -0.25) is 9.59 Å². The van der Waals surface area contributed by atoms with E-state index in [0.717, 1.165) is 0 Å². The molecular formula is C19H20F3N3O3. The molecule has 1 aromatic carbocycles. The van der Waals surface area contributed by atoms with Crippen molar-refractivity contribution >= 4 is 17.6 Å². The number of pyridine rings is 1. The van der Waals surface area contributed by atoms with Crippen molar-refractivity contribution in [2.24, 2.45) is 0 Å². The molecule has 0 bridgehead atoms. The summed E-state index contributed by atoms with van der Waals surface area (Å²) in [7, 11) is 0. The molecule has 2 amide bonds. The van der Waals surface area contributed by atoms with Crippen molar-refractivity contribution in [3.63, 3.8) is 0 Å². The highest BCUT2D eigenvalue weighted by atomic mass is 19.4. The predicted octanol–water partition coefficient (Wildman–Crippen LogP) is 3.86. The van der Waals surface area contributed by atoms with Crippen LogP contribution in [0.15, 0.2) is 42.6 Å². The number of benzene rings is 1. The lowest BCUT2D eigenvalue weighted by molar-refractivity contribution is -0.153. The summed E-state index contributed by atoms with van der Waals surface area (Å²) in [6, 6.07) is 8.53. The van der Waals surface area contributed by atoms with Crippen molar-refractivity contribution in [3.8, 4) is 5.75 Å². The minimum atomic E-state index is -4.43. The molecule has 0 saturated heterocycles. The maximum absolute atomic E-state index is 12.4. The van der Waals surface area contributed by atoms with Crippen LogP contribution in [0.2, 0.25) is 0 Å². The SMILES string of the molecule is CCC(=O)Nc1cc(C(=O)NC(C)c2cccc(OCC(F)(F)F)c2)ccn1. The Bertz CT molecular complexity index is 840. The second-order valence-electron chi connectivity index (χ2n) is 6.00. The Hall–Kier alpha value is -3.10. The zero-order chi connectivity index (χ0) is 20.7. The summed E-state index contributed by atoms with van der Waals surface area (Å²) in [5, 5.41) is 5.32. The van der Waals surface area contributed by atoms with E-state index in [1.165, 1.54) is 30.5 Å². The van der Waals surface area contributed by atoms with Crippen LogP contribution in [0.1, 0.15) is 42.2 Å². The molecule has 0 aliphatic heterocycles. The summed E-state index contributed by atoms with van der Waals surface area (Å²) in [4.78, 5) is 27.9. The molecule has 1 aromatic heterocycles. The van der Waals surface area contributed by atoms with Crippen LogP contribution < -0.4 is 15.4 Å². The number of carbonyl (C=O) groups is 2. The van der Waals surface area contributed by atoms with Crippen molar-refractivity contribution in [3.05, 3.63) is 53.7 Å². The van der Waals surface area contributed by atoms with Gasteiger partial charge in [-0.2, -0.15) is 13.2 Å². The van der Waals surface area contributed by atoms with Gasteiger partial charge in [-0.25, -0.2) is 4.98 Å². The minimum absolute atomic E-state index is 0.0596. The third kappa shape index (κ3) is 6.57. The number of anilines is 1. The number of ether oxygens (including phenoxy) is 1.